The molecule has 3 rings (SSSR count). The molecule has 0 atom stereocenters. The summed E-state index contributed by atoms with van der Waals surface area (Å²) in [6.45, 7) is 0. The summed E-state index contributed by atoms with van der Waals surface area (Å²) in [6.07, 6.45) is 3.70. The van der Waals surface area contributed by atoms with Crippen LogP contribution in [0.2, 0.25) is 0 Å². The lowest BCUT2D eigenvalue weighted by Crippen LogP contribution is -2.21. The molecule has 2 N–H and O–H groups in total. The lowest BCUT2D eigenvalue weighted by molar-refractivity contribution is -0.115. The maximum atomic E-state index is 11.5. The molecule has 1 fully saturated rings. The van der Waals surface area contributed by atoms with Crippen molar-refractivity contribution in [2.75, 3.05) is 0 Å². The summed E-state index contributed by atoms with van der Waals surface area (Å²) in [7, 11) is 1.88. The standard InChI is InChI=1S/C12H10N4OS/c1-16-6-8-4-7(2-3-9(8)15-16)5-10-11(17)14-12(18)13-10/h2-6H,1H3,(H2,13,14,17,18)/b10-5-. The minimum atomic E-state index is -0.203. The number of amides is 1. The van der Waals surface area contributed by atoms with Gasteiger partial charge in [0.05, 0.1) is 5.52 Å². The molecule has 1 aliphatic heterocycles. The van der Waals surface area contributed by atoms with Gasteiger partial charge in [0.25, 0.3) is 5.91 Å². The van der Waals surface area contributed by atoms with E-state index >= 15 is 0 Å². The first-order valence-corrected chi connectivity index (χ1v) is 5.80. The van der Waals surface area contributed by atoms with Crippen molar-refractivity contribution in [2.45, 2.75) is 0 Å². The molecule has 2 heterocycles. The van der Waals surface area contributed by atoms with Crippen LogP contribution in [-0.4, -0.2) is 20.8 Å². The largest absolute Gasteiger partial charge is 0.328 e. The Balaban J connectivity index is 2.02. The number of carbonyl (C=O) groups is 1. The van der Waals surface area contributed by atoms with E-state index in [2.05, 4.69) is 15.7 Å². The van der Waals surface area contributed by atoms with Gasteiger partial charge in [0.1, 0.15) is 5.70 Å². The van der Waals surface area contributed by atoms with Crippen LogP contribution in [0.5, 0.6) is 0 Å². The SMILES string of the molecule is Cn1cc2cc(/C=C3\NC(=S)NC3=O)ccc2n1. The monoisotopic (exact) mass is 258 g/mol. The second kappa shape index (κ2) is 3.92. The molecule has 1 aromatic carbocycles. The molecule has 0 saturated carbocycles. The van der Waals surface area contributed by atoms with Gasteiger partial charge in [-0.15, -0.1) is 0 Å². The number of hydrogen-bond donors (Lipinski definition) is 2. The highest BCUT2D eigenvalue weighted by atomic mass is 32.1. The van der Waals surface area contributed by atoms with E-state index in [1.54, 1.807) is 10.8 Å². The number of benzene rings is 1. The molecule has 1 saturated heterocycles. The van der Waals surface area contributed by atoms with E-state index in [1.807, 2.05) is 31.4 Å². The third kappa shape index (κ3) is 1.86. The first-order chi connectivity index (χ1) is 8.61. The fraction of sp³-hybridized carbons (Fsp3) is 0.0833. The van der Waals surface area contributed by atoms with Gasteiger partial charge in [-0.2, -0.15) is 5.10 Å². The zero-order valence-corrected chi connectivity index (χ0v) is 10.4. The maximum Gasteiger partial charge on any atom is 0.273 e. The molecule has 1 aromatic heterocycles. The summed E-state index contributed by atoms with van der Waals surface area (Å²) in [4.78, 5) is 11.5. The van der Waals surface area contributed by atoms with Gasteiger partial charge in [0.15, 0.2) is 5.11 Å². The van der Waals surface area contributed by atoms with E-state index in [0.717, 1.165) is 16.5 Å². The van der Waals surface area contributed by atoms with E-state index in [1.165, 1.54) is 0 Å². The van der Waals surface area contributed by atoms with E-state index < -0.39 is 0 Å². The number of hydrogen-bond acceptors (Lipinski definition) is 3. The highest BCUT2D eigenvalue weighted by Gasteiger charge is 2.19. The predicted molar refractivity (Wildman–Crippen MR) is 72.6 cm³/mol. The second-order valence-electron chi connectivity index (χ2n) is 4.09. The topological polar surface area (TPSA) is 59.0 Å². The summed E-state index contributed by atoms with van der Waals surface area (Å²) in [6, 6.07) is 5.82. The number of nitrogens with one attached hydrogen (secondary N) is 2. The Hall–Kier alpha value is -2.21. The summed E-state index contributed by atoms with van der Waals surface area (Å²) < 4.78 is 1.76. The molecule has 6 heteroatoms. The Morgan fingerprint density at radius 3 is 2.94 bits per heavy atom. The molecule has 2 aromatic rings. The van der Waals surface area contributed by atoms with Crippen LogP contribution in [0.3, 0.4) is 0 Å². The van der Waals surface area contributed by atoms with Gasteiger partial charge in [-0.1, -0.05) is 6.07 Å². The van der Waals surface area contributed by atoms with Crippen molar-refractivity contribution in [3.8, 4) is 0 Å². The van der Waals surface area contributed by atoms with E-state index in [4.69, 9.17) is 12.2 Å². The first kappa shape index (κ1) is 10.9. The van der Waals surface area contributed by atoms with Gasteiger partial charge in [0, 0.05) is 18.6 Å². The molecule has 0 radical (unpaired) electrons. The molecule has 0 aliphatic carbocycles. The van der Waals surface area contributed by atoms with E-state index in [-0.39, 0.29) is 5.91 Å². The van der Waals surface area contributed by atoms with Crippen LogP contribution in [0, 0.1) is 0 Å². The number of carbonyl (C=O) groups excluding carboxylic acids is 1. The Labute approximate surface area is 108 Å². The van der Waals surface area contributed by atoms with Crippen LogP contribution in [-0.2, 0) is 11.8 Å². The summed E-state index contributed by atoms with van der Waals surface area (Å²) in [5.74, 6) is -0.203. The minimum Gasteiger partial charge on any atom is -0.328 e. The molecule has 0 bridgehead atoms. The molecule has 1 aliphatic rings. The lowest BCUT2D eigenvalue weighted by Gasteiger charge is -1.96. The van der Waals surface area contributed by atoms with Crippen molar-refractivity contribution < 1.29 is 4.79 Å². The Kier molecular flexibility index (Phi) is 2.38. The summed E-state index contributed by atoms with van der Waals surface area (Å²) in [5.41, 5.74) is 2.32. The number of fused-ring (bicyclic) bond motifs is 1. The smallest absolute Gasteiger partial charge is 0.273 e. The van der Waals surface area contributed by atoms with Crippen molar-refractivity contribution in [3.63, 3.8) is 0 Å². The normalized spacial score (nSPS) is 17.3. The predicted octanol–water partition coefficient (Wildman–Crippen LogP) is 0.918. The third-order valence-corrected chi connectivity index (χ3v) is 2.88. The number of thiocarbonyl (C=S) groups is 1. The number of nitrogens with zero attached hydrogens (tertiary/aromatic N) is 2. The van der Waals surface area contributed by atoms with E-state index in [0.29, 0.717) is 10.8 Å². The first-order valence-electron chi connectivity index (χ1n) is 5.39. The van der Waals surface area contributed by atoms with E-state index in [9.17, 15) is 4.79 Å². The number of aromatic nitrogens is 2. The van der Waals surface area contributed by atoms with Crippen LogP contribution in [0.4, 0.5) is 0 Å². The summed E-state index contributed by atoms with van der Waals surface area (Å²) >= 11 is 4.87. The number of rotatable bonds is 1. The lowest BCUT2D eigenvalue weighted by atomic mass is 10.1. The zero-order valence-electron chi connectivity index (χ0n) is 9.60. The van der Waals surface area contributed by atoms with Gasteiger partial charge in [-0.3, -0.25) is 14.8 Å². The van der Waals surface area contributed by atoms with Gasteiger partial charge in [-0.05, 0) is 36.0 Å². The molecule has 0 unspecified atom stereocenters. The third-order valence-electron chi connectivity index (χ3n) is 2.67. The molecule has 5 nitrogen and oxygen atoms in total. The molecule has 1 amide bonds. The average molecular weight is 258 g/mol. The van der Waals surface area contributed by atoms with Crippen LogP contribution in [0.1, 0.15) is 5.56 Å². The Bertz CT molecular complexity index is 701. The van der Waals surface area contributed by atoms with Crippen LogP contribution >= 0.6 is 12.2 Å². The van der Waals surface area contributed by atoms with Crippen LogP contribution in [0.15, 0.2) is 30.1 Å². The molecular weight excluding hydrogens is 248 g/mol. The molecule has 0 spiro atoms. The highest BCUT2D eigenvalue weighted by molar-refractivity contribution is 7.80. The Morgan fingerprint density at radius 1 is 1.39 bits per heavy atom. The van der Waals surface area contributed by atoms with Gasteiger partial charge in [-0.25, -0.2) is 0 Å². The fourth-order valence-electron chi connectivity index (χ4n) is 1.91. The average Bonchev–Trinajstić information content (AvgIpc) is 2.80. The van der Waals surface area contributed by atoms with Gasteiger partial charge < -0.3 is 5.32 Å². The highest BCUT2D eigenvalue weighted by Crippen LogP contribution is 2.16. The van der Waals surface area contributed by atoms with Crippen molar-refractivity contribution in [3.05, 3.63) is 35.7 Å². The van der Waals surface area contributed by atoms with Crippen molar-refractivity contribution in [1.29, 1.82) is 0 Å². The maximum absolute atomic E-state index is 11.5. The second-order valence-corrected chi connectivity index (χ2v) is 4.50. The molecule has 18 heavy (non-hydrogen) atoms. The van der Waals surface area contributed by atoms with Crippen LogP contribution in [0.25, 0.3) is 17.0 Å². The van der Waals surface area contributed by atoms with Gasteiger partial charge >= 0.3 is 0 Å². The van der Waals surface area contributed by atoms with Crippen molar-refractivity contribution in [2.24, 2.45) is 7.05 Å². The Morgan fingerprint density at radius 2 is 2.22 bits per heavy atom. The number of aryl methyl sites for hydroxylation is 1. The molecule has 90 valence electrons. The zero-order chi connectivity index (χ0) is 12.7. The minimum absolute atomic E-state index is 0.203. The van der Waals surface area contributed by atoms with Crippen molar-refractivity contribution >= 4 is 40.2 Å². The van der Waals surface area contributed by atoms with Crippen LogP contribution < -0.4 is 10.6 Å². The summed E-state index contributed by atoms with van der Waals surface area (Å²) in [5, 5.41) is 11.0. The van der Waals surface area contributed by atoms with Crippen molar-refractivity contribution in [1.82, 2.24) is 20.4 Å². The van der Waals surface area contributed by atoms with Gasteiger partial charge in [0.2, 0.25) is 0 Å². The fourth-order valence-corrected chi connectivity index (χ4v) is 2.11. The molecular formula is C12H10N4OS. The quantitative estimate of drug-likeness (QED) is 0.590.